The highest BCUT2D eigenvalue weighted by Crippen LogP contribution is 2.33. The Bertz CT molecular complexity index is 1890. The van der Waals surface area contributed by atoms with Crippen LogP contribution in [0.4, 0.5) is 5.95 Å². The number of hydrogen-bond acceptors (Lipinski definition) is 12. The summed E-state index contributed by atoms with van der Waals surface area (Å²) in [4.78, 5) is 21.2. The molecule has 0 bridgehead atoms. The number of nitrogens with one attached hydrogen (secondary N) is 3. The average molecular weight is 689 g/mol. The van der Waals surface area contributed by atoms with Gasteiger partial charge in [0.25, 0.3) is 0 Å². The largest absolute Gasteiger partial charge is 0.496 e. The van der Waals surface area contributed by atoms with Crippen LogP contribution in [-0.4, -0.2) is 119 Å². The fraction of sp³-hybridized carbons (Fsp3) is 0.353. The molecule has 4 heterocycles. The van der Waals surface area contributed by atoms with Crippen LogP contribution in [0.1, 0.15) is 12.8 Å². The van der Waals surface area contributed by atoms with Crippen LogP contribution in [0, 0.1) is 0 Å². The molecule has 14 nitrogen and oxygen atoms in total. The third kappa shape index (κ3) is 10.3. The highest BCUT2D eigenvalue weighted by molar-refractivity contribution is 6.28. The number of methoxy groups -OCH3 is 2. The molecule has 0 amide bonds. The lowest BCUT2D eigenvalue weighted by atomic mass is 10.1. The summed E-state index contributed by atoms with van der Waals surface area (Å²) in [5, 5.41) is 19.5. The van der Waals surface area contributed by atoms with Gasteiger partial charge < -0.3 is 30.3 Å². The minimum Gasteiger partial charge on any atom is -0.496 e. The summed E-state index contributed by atoms with van der Waals surface area (Å²) in [6.45, 7) is 3.76. The Balaban J connectivity index is 0.000000190. The lowest BCUT2D eigenvalue weighted by Crippen LogP contribution is -2.17. The maximum atomic E-state index is 5.73. The van der Waals surface area contributed by atoms with E-state index in [-0.39, 0.29) is 5.28 Å². The van der Waals surface area contributed by atoms with E-state index in [1.165, 1.54) is 0 Å². The van der Waals surface area contributed by atoms with Crippen LogP contribution < -0.4 is 20.5 Å². The van der Waals surface area contributed by atoms with Crippen molar-refractivity contribution in [3.8, 4) is 34.0 Å². The Kier molecular flexibility index (Phi) is 14.0. The molecule has 6 rings (SSSR count). The molecule has 0 radical (unpaired) electrons. The maximum absolute atomic E-state index is 5.73. The van der Waals surface area contributed by atoms with Gasteiger partial charge in [0.15, 0.2) is 11.3 Å². The summed E-state index contributed by atoms with van der Waals surface area (Å²) in [7, 11) is 11.5. The summed E-state index contributed by atoms with van der Waals surface area (Å²) in [5.41, 5.74) is 9.96. The number of nitrogens with two attached hydrogens (primary N) is 1. The van der Waals surface area contributed by atoms with Gasteiger partial charge in [-0.25, -0.2) is 9.97 Å². The number of aromatic amines is 2. The van der Waals surface area contributed by atoms with Gasteiger partial charge in [-0.1, -0.05) is 24.3 Å². The molecule has 15 heteroatoms. The van der Waals surface area contributed by atoms with E-state index in [1.54, 1.807) is 26.6 Å². The van der Waals surface area contributed by atoms with E-state index < -0.39 is 0 Å². The fourth-order valence-electron chi connectivity index (χ4n) is 4.79. The number of para-hydroxylation sites is 2. The Labute approximate surface area is 291 Å². The summed E-state index contributed by atoms with van der Waals surface area (Å²) >= 11 is 5.73. The van der Waals surface area contributed by atoms with Crippen molar-refractivity contribution in [1.29, 1.82) is 0 Å². The molecule has 0 saturated carbocycles. The molecule has 49 heavy (non-hydrogen) atoms. The number of anilines is 1. The second-order valence-corrected chi connectivity index (χ2v) is 11.8. The Morgan fingerprint density at radius 3 is 1.76 bits per heavy atom. The number of nitrogens with zero attached hydrogens (tertiary/aromatic N) is 8. The molecule has 0 spiro atoms. The Hall–Kier alpha value is -4.89. The number of halogens is 1. The predicted octanol–water partition coefficient (Wildman–Crippen LogP) is 4.97. The SMILES string of the molecule is CN(C)CCCN.COc1ccccc1-c1[nH]nc2nc(Cl)ncc12.COc1ccccc1-c1[nH]nc2nc(NCCCN(C)C)ncc12. The normalized spacial score (nSPS) is 10.9. The van der Waals surface area contributed by atoms with Crippen LogP contribution >= 0.6 is 11.6 Å². The van der Waals surface area contributed by atoms with Crippen LogP contribution in [0.25, 0.3) is 44.6 Å². The number of benzene rings is 2. The lowest BCUT2D eigenvalue weighted by molar-refractivity contribution is 0.403. The van der Waals surface area contributed by atoms with E-state index in [1.807, 2.05) is 48.5 Å². The summed E-state index contributed by atoms with van der Waals surface area (Å²) in [6.07, 6.45) is 5.58. The lowest BCUT2D eigenvalue weighted by Gasteiger charge is -2.09. The van der Waals surface area contributed by atoms with Crippen LogP contribution in [-0.2, 0) is 0 Å². The van der Waals surface area contributed by atoms with Crippen LogP contribution in [0.5, 0.6) is 11.5 Å². The molecule has 0 fully saturated rings. The van der Waals surface area contributed by atoms with Gasteiger partial charge in [-0.2, -0.15) is 20.2 Å². The van der Waals surface area contributed by atoms with Gasteiger partial charge in [0.2, 0.25) is 11.2 Å². The van der Waals surface area contributed by atoms with Gasteiger partial charge in [0, 0.05) is 30.1 Å². The molecule has 4 aromatic heterocycles. The van der Waals surface area contributed by atoms with Crippen molar-refractivity contribution in [2.45, 2.75) is 12.8 Å². The minimum absolute atomic E-state index is 0.181. The molecule has 2 aromatic carbocycles. The first-order valence-corrected chi connectivity index (χ1v) is 16.2. The molecule has 0 aliphatic carbocycles. The highest BCUT2D eigenvalue weighted by Gasteiger charge is 2.15. The quantitative estimate of drug-likeness (QED) is 0.101. The van der Waals surface area contributed by atoms with Gasteiger partial charge in [-0.15, -0.1) is 0 Å². The van der Waals surface area contributed by atoms with Crippen LogP contribution in [0.15, 0.2) is 60.9 Å². The van der Waals surface area contributed by atoms with Crippen molar-refractivity contribution in [3.05, 3.63) is 66.2 Å². The molecule has 0 aliphatic rings. The van der Waals surface area contributed by atoms with E-state index in [2.05, 4.69) is 83.6 Å². The Morgan fingerprint density at radius 2 is 1.24 bits per heavy atom. The minimum atomic E-state index is 0.181. The first-order chi connectivity index (χ1) is 23.7. The molecule has 0 unspecified atom stereocenters. The molecule has 260 valence electrons. The zero-order valence-corrected chi connectivity index (χ0v) is 29.6. The fourth-order valence-corrected chi connectivity index (χ4v) is 4.92. The monoisotopic (exact) mass is 688 g/mol. The highest BCUT2D eigenvalue weighted by atomic mass is 35.5. The molecule has 0 saturated heterocycles. The first-order valence-electron chi connectivity index (χ1n) is 15.8. The molecule has 0 aliphatic heterocycles. The molecular weight excluding hydrogens is 644 g/mol. The van der Waals surface area contributed by atoms with Gasteiger partial charge in [-0.05, 0) is 96.5 Å². The third-order valence-electron chi connectivity index (χ3n) is 7.22. The Morgan fingerprint density at radius 1 is 0.735 bits per heavy atom. The zero-order valence-electron chi connectivity index (χ0n) is 28.9. The molecule has 5 N–H and O–H groups in total. The second kappa shape index (κ2) is 18.6. The number of hydrogen-bond donors (Lipinski definition) is 4. The summed E-state index contributed by atoms with van der Waals surface area (Å²) < 4.78 is 10.7. The number of fused-ring (bicyclic) bond motifs is 2. The third-order valence-corrected chi connectivity index (χ3v) is 7.40. The van der Waals surface area contributed by atoms with Crippen LogP contribution in [0.3, 0.4) is 0 Å². The van der Waals surface area contributed by atoms with Crippen molar-refractivity contribution in [2.75, 3.05) is 73.9 Å². The smallest absolute Gasteiger partial charge is 0.224 e. The average Bonchev–Trinajstić information content (AvgIpc) is 3.73. The summed E-state index contributed by atoms with van der Waals surface area (Å²) in [5.74, 6) is 2.14. The van der Waals surface area contributed by atoms with Crippen LogP contribution in [0.2, 0.25) is 5.28 Å². The van der Waals surface area contributed by atoms with E-state index in [0.717, 1.165) is 83.8 Å². The van der Waals surface area contributed by atoms with E-state index in [4.69, 9.17) is 26.8 Å². The van der Waals surface area contributed by atoms with Crippen molar-refractivity contribution in [1.82, 2.24) is 50.1 Å². The molecule has 6 aromatic rings. The number of H-pyrrole nitrogens is 2. The predicted molar refractivity (Wildman–Crippen MR) is 196 cm³/mol. The van der Waals surface area contributed by atoms with Crippen molar-refractivity contribution < 1.29 is 9.47 Å². The van der Waals surface area contributed by atoms with E-state index >= 15 is 0 Å². The maximum Gasteiger partial charge on any atom is 0.224 e. The van der Waals surface area contributed by atoms with Gasteiger partial charge >= 0.3 is 0 Å². The van der Waals surface area contributed by atoms with Gasteiger partial charge in [0.1, 0.15) is 11.5 Å². The second-order valence-electron chi connectivity index (χ2n) is 11.4. The van der Waals surface area contributed by atoms with Gasteiger partial charge in [-0.3, -0.25) is 10.2 Å². The standard InChI is InChI=1S/C17H22N6O.C12H9ClN4O.C5H14N2/c1-23(2)10-6-9-18-17-19-11-13-15(21-22-16(13)20-17)12-7-4-5-8-14(12)24-3;1-18-9-5-3-2-4-7(9)10-8-6-14-12(13)15-11(8)17-16-10;1-7(2)5-3-4-6/h4-5,7-8,11H,6,9-10H2,1-3H3,(H2,18,19,20,21,22);2-6H,1H3,(H,14,15,16,17);3-6H2,1-2H3. The van der Waals surface area contributed by atoms with E-state index in [9.17, 15) is 0 Å². The molecule has 0 atom stereocenters. The van der Waals surface area contributed by atoms with E-state index in [0.29, 0.717) is 17.2 Å². The zero-order chi connectivity index (χ0) is 35.2. The molecular formula is C34H45ClN12O2. The van der Waals surface area contributed by atoms with Crippen molar-refractivity contribution in [2.24, 2.45) is 5.73 Å². The topological polar surface area (TPSA) is 172 Å². The number of rotatable bonds is 12. The van der Waals surface area contributed by atoms with Crippen molar-refractivity contribution >= 4 is 39.6 Å². The summed E-state index contributed by atoms with van der Waals surface area (Å²) in [6, 6.07) is 15.5. The van der Waals surface area contributed by atoms with Crippen molar-refractivity contribution in [3.63, 3.8) is 0 Å². The number of aromatic nitrogens is 8. The number of ether oxygens (including phenoxy) is 2. The first kappa shape index (κ1) is 36.9. The van der Waals surface area contributed by atoms with Gasteiger partial charge in [0.05, 0.1) is 36.4 Å².